The first-order chi connectivity index (χ1) is 8.24. The van der Waals surface area contributed by atoms with Crippen molar-refractivity contribution in [3.8, 4) is 0 Å². The number of likely N-dealkylation sites (tertiary alicyclic amines) is 1. The van der Waals surface area contributed by atoms with Crippen molar-refractivity contribution in [3.63, 3.8) is 0 Å². The van der Waals surface area contributed by atoms with Gasteiger partial charge < -0.3 is 9.69 Å². The maximum atomic E-state index is 11.5. The summed E-state index contributed by atoms with van der Waals surface area (Å²) in [6.07, 6.45) is 11.3. The Labute approximate surface area is 106 Å². The lowest BCUT2D eigenvalue weighted by Gasteiger charge is -2.37. The fourth-order valence-corrected chi connectivity index (χ4v) is 3.41. The molecule has 2 fully saturated rings. The number of carbonyl (C=O) groups is 1. The van der Waals surface area contributed by atoms with Crippen LogP contribution in [0.2, 0.25) is 0 Å². The molecule has 2 heteroatoms. The highest BCUT2D eigenvalue weighted by atomic mass is 16.1. The van der Waals surface area contributed by atoms with Crippen LogP contribution in [0.15, 0.2) is 0 Å². The Bertz CT molecular complexity index is 235. The summed E-state index contributed by atoms with van der Waals surface area (Å²) in [7, 11) is 0. The fourth-order valence-electron chi connectivity index (χ4n) is 3.41. The number of piperidine rings is 1. The molecule has 0 radical (unpaired) electrons. The first-order valence-corrected chi connectivity index (χ1v) is 7.43. The Morgan fingerprint density at radius 3 is 2.24 bits per heavy atom. The Morgan fingerprint density at radius 1 is 1.12 bits per heavy atom. The average molecular weight is 237 g/mol. The highest BCUT2D eigenvalue weighted by Crippen LogP contribution is 2.34. The molecule has 0 atom stereocenters. The Hall–Kier alpha value is -0.370. The van der Waals surface area contributed by atoms with Gasteiger partial charge in [-0.05, 0) is 44.7 Å². The lowest BCUT2D eigenvalue weighted by Crippen LogP contribution is -2.42. The molecule has 0 aromatic heterocycles. The molecule has 0 aromatic carbocycles. The van der Waals surface area contributed by atoms with E-state index in [1.54, 1.807) is 0 Å². The van der Waals surface area contributed by atoms with Gasteiger partial charge in [0.15, 0.2) is 0 Å². The van der Waals surface area contributed by atoms with Gasteiger partial charge in [0.1, 0.15) is 6.29 Å². The van der Waals surface area contributed by atoms with Crippen molar-refractivity contribution in [2.24, 2.45) is 11.3 Å². The largest absolute Gasteiger partial charge is 0.303 e. The third kappa shape index (κ3) is 3.54. The van der Waals surface area contributed by atoms with Crippen LogP contribution in [-0.2, 0) is 4.79 Å². The smallest absolute Gasteiger partial charge is 0.127 e. The van der Waals surface area contributed by atoms with E-state index >= 15 is 0 Å². The van der Waals surface area contributed by atoms with E-state index in [0.717, 1.165) is 25.3 Å². The molecule has 1 saturated heterocycles. The minimum atomic E-state index is -0.00290. The molecule has 0 N–H and O–H groups in total. The van der Waals surface area contributed by atoms with Gasteiger partial charge in [0.25, 0.3) is 0 Å². The van der Waals surface area contributed by atoms with Crippen molar-refractivity contribution in [1.82, 2.24) is 4.90 Å². The molecule has 1 aliphatic heterocycles. The Kier molecular flexibility index (Phi) is 4.61. The summed E-state index contributed by atoms with van der Waals surface area (Å²) in [6.45, 7) is 5.79. The molecule has 1 saturated carbocycles. The second kappa shape index (κ2) is 5.99. The molecule has 0 aromatic rings. The van der Waals surface area contributed by atoms with Gasteiger partial charge in [0.2, 0.25) is 0 Å². The zero-order valence-electron chi connectivity index (χ0n) is 11.3. The highest BCUT2D eigenvalue weighted by Gasteiger charge is 2.33. The van der Waals surface area contributed by atoms with Crippen LogP contribution >= 0.6 is 0 Å². The predicted molar refractivity (Wildman–Crippen MR) is 71.0 cm³/mol. The molecule has 0 spiro atoms. The molecular weight excluding hydrogens is 210 g/mol. The Balaban J connectivity index is 1.91. The number of aldehydes is 1. The van der Waals surface area contributed by atoms with Crippen LogP contribution in [0, 0.1) is 11.3 Å². The summed E-state index contributed by atoms with van der Waals surface area (Å²) in [6, 6.07) is 0. The molecular formula is C15H27NO. The zero-order valence-corrected chi connectivity index (χ0v) is 11.3. The molecule has 1 heterocycles. The van der Waals surface area contributed by atoms with Gasteiger partial charge in [-0.15, -0.1) is 0 Å². The summed E-state index contributed by atoms with van der Waals surface area (Å²) in [5, 5.41) is 0. The van der Waals surface area contributed by atoms with Crippen molar-refractivity contribution < 1.29 is 4.79 Å². The van der Waals surface area contributed by atoms with Gasteiger partial charge in [-0.3, -0.25) is 0 Å². The van der Waals surface area contributed by atoms with Crippen LogP contribution in [0.3, 0.4) is 0 Å². The predicted octanol–water partition coefficient (Wildman–Crippen LogP) is 3.26. The van der Waals surface area contributed by atoms with E-state index in [-0.39, 0.29) is 5.41 Å². The molecule has 98 valence electrons. The van der Waals surface area contributed by atoms with Crippen LogP contribution in [0.5, 0.6) is 0 Å². The summed E-state index contributed by atoms with van der Waals surface area (Å²) < 4.78 is 0. The number of rotatable bonds is 3. The molecule has 0 unspecified atom stereocenters. The topological polar surface area (TPSA) is 20.3 Å². The summed E-state index contributed by atoms with van der Waals surface area (Å²) in [5.41, 5.74) is -0.00290. The molecule has 2 rings (SSSR count). The minimum absolute atomic E-state index is 0.00290. The van der Waals surface area contributed by atoms with E-state index < -0.39 is 0 Å². The van der Waals surface area contributed by atoms with Crippen molar-refractivity contribution in [1.29, 1.82) is 0 Å². The molecule has 1 aliphatic carbocycles. The van der Waals surface area contributed by atoms with Gasteiger partial charge in [-0.25, -0.2) is 0 Å². The second-order valence-corrected chi connectivity index (χ2v) is 6.35. The average Bonchev–Trinajstić information content (AvgIpc) is 2.58. The molecule has 2 aliphatic rings. The monoisotopic (exact) mass is 237 g/mol. The number of carbonyl (C=O) groups excluding carboxylic acids is 1. The van der Waals surface area contributed by atoms with Crippen LogP contribution in [0.1, 0.15) is 58.3 Å². The van der Waals surface area contributed by atoms with E-state index in [9.17, 15) is 4.79 Å². The maximum absolute atomic E-state index is 11.5. The lowest BCUT2D eigenvalue weighted by molar-refractivity contribution is -0.118. The molecule has 2 nitrogen and oxygen atoms in total. The molecule has 17 heavy (non-hydrogen) atoms. The van der Waals surface area contributed by atoms with E-state index in [4.69, 9.17) is 0 Å². The molecule has 0 bridgehead atoms. The lowest BCUT2D eigenvalue weighted by atomic mass is 9.80. The second-order valence-electron chi connectivity index (χ2n) is 6.35. The number of hydrogen-bond donors (Lipinski definition) is 0. The van der Waals surface area contributed by atoms with Crippen molar-refractivity contribution in [2.45, 2.75) is 58.3 Å². The maximum Gasteiger partial charge on any atom is 0.127 e. The van der Waals surface area contributed by atoms with E-state index in [1.807, 2.05) is 0 Å². The third-order valence-electron chi connectivity index (χ3n) is 4.76. The van der Waals surface area contributed by atoms with E-state index in [2.05, 4.69) is 11.8 Å². The minimum Gasteiger partial charge on any atom is -0.303 e. The van der Waals surface area contributed by atoms with Crippen molar-refractivity contribution >= 4 is 6.29 Å². The van der Waals surface area contributed by atoms with Crippen LogP contribution < -0.4 is 0 Å². The van der Waals surface area contributed by atoms with Gasteiger partial charge in [-0.1, -0.05) is 32.6 Å². The van der Waals surface area contributed by atoms with Crippen molar-refractivity contribution in [3.05, 3.63) is 0 Å². The standard InChI is InChI=1S/C15H27NO/c1-14-6-10-16(11-7-14)12-15(13-17)8-4-2-3-5-9-15/h13-14H,2-12H2,1H3. The van der Waals surface area contributed by atoms with E-state index in [1.165, 1.54) is 57.9 Å². The van der Waals surface area contributed by atoms with Gasteiger partial charge in [0.05, 0.1) is 0 Å². The van der Waals surface area contributed by atoms with Crippen LogP contribution in [0.4, 0.5) is 0 Å². The third-order valence-corrected chi connectivity index (χ3v) is 4.76. The molecule has 0 amide bonds. The summed E-state index contributed by atoms with van der Waals surface area (Å²) in [4.78, 5) is 14.1. The SMILES string of the molecule is CC1CCN(CC2(C=O)CCCCCC2)CC1. The van der Waals surface area contributed by atoms with Gasteiger partial charge >= 0.3 is 0 Å². The van der Waals surface area contributed by atoms with Crippen LogP contribution in [-0.4, -0.2) is 30.8 Å². The highest BCUT2D eigenvalue weighted by molar-refractivity contribution is 5.59. The van der Waals surface area contributed by atoms with Crippen LogP contribution in [0.25, 0.3) is 0 Å². The number of hydrogen-bond acceptors (Lipinski definition) is 2. The zero-order chi connectivity index (χ0) is 12.1. The fraction of sp³-hybridized carbons (Fsp3) is 0.933. The first kappa shape index (κ1) is 13.1. The normalized spacial score (nSPS) is 27.6. The van der Waals surface area contributed by atoms with Crippen molar-refractivity contribution in [2.75, 3.05) is 19.6 Å². The first-order valence-electron chi connectivity index (χ1n) is 7.43. The summed E-state index contributed by atoms with van der Waals surface area (Å²) >= 11 is 0. The van der Waals surface area contributed by atoms with Gasteiger partial charge in [-0.2, -0.15) is 0 Å². The van der Waals surface area contributed by atoms with Gasteiger partial charge in [0, 0.05) is 12.0 Å². The quantitative estimate of drug-likeness (QED) is 0.555. The summed E-state index contributed by atoms with van der Waals surface area (Å²) in [5.74, 6) is 0.882. The number of nitrogens with zero attached hydrogens (tertiary/aromatic N) is 1. The Morgan fingerprint density at radius 2 is 1.71 bits per heavy atom. The van der Waals surface area contributed by atoms with E-state index in [0.29, 0.717) is 0 Å².